The number of hydrogen-bond acceptors (Lipinski definition) is 10. The van der Waals surface area contributed by atoms with Gasteiger partial charge in [0, 0.05) is 24.3 Å². The van der Waals surface area contributed by atoms with E-state index in [1.54, 1.807) is 26.0 Å². The molecule has 186 valence electrons. The van der Waals surface area contributed by atoms with E-state index in [9.17, 15) is 24.6 Å². The molecule has 35 heavy (non-hydrogen) atoms. The van der Waals surface area contributed by atoms with Crippen LogP contribution in [-0.2, 0) is 9.47 Å². The van der Waals surface area contributed by atoms with Crippen molar-refractivity contribution in [1.29, 1.82) is 0 Å². The molecule has 0 unspecified atom stereocenters. The van der Waals surface area contributed by atoms with Gasteiger partial charge in [-0.2, -0.15) is 0 Å². The fourth-order valence-corrected chi connectivity index (χ4v) is 3.94. The fraction of sp³-hybridized carbons (Fsp3) is 0.375. The van der Waals surface area contributed by atoms with Gasteiger partial charge in [0.05, 0.1) is 12.0 Å². The highest BCUT2D eigenvalue weighted by atomic mass is 16.6. The molecule has 1 saturated heterocycles. The van der Waals surface area contributed by atoms with Gasteiger partial charge in [0.15, 0.2) is 5.56 Å². The third-order valence-corrected chi connectivity index (χ3v) is 5.77. The number of esters is 2. The van der Waals surface area contributed by atoms with Gasteiger partial charge in [-0.3, -0.25) is 0 Å². The number of aromatic hydroxyl groups is 1. The van der Waals surface area contributed by atoms with Crippen LogP contribution < -0.4 is 15.7 Å². The van der Waals surface area contributed by atoms with Crippen LogP contribution in [0.1, 0.15) is 39.0 Å². The number of ether oxygens (including phenoxy) is 3. The van der Waals surface area contributed by atoms with Crippen molar-refractivity contribution < 1.29 is 38.4 Å². The Morgan fingerprint density at radius 1 is 1.11 bits per heavy atom. The van der Waals surface area contributed by atoms with E-state index in [-0.39, 0.29) is 42.1 Å². The van der Waals surface area contributed by atoms with Crippen LogP contribution in [0, 0.1) is 13.8 Å². The van der Waals surface area contributed by atoms with Gasteiger partial charge in [-0.1, -0.05) is 0 Å². The second-order valence-electron chi connectivity index (χ2n) is 8.20. The van der Waals surface area contributed by atoms with Gasteiger partial charge in [0.2, 0.25) is 0 Å². The minimum absolute atomic E-state index is 0.0280. The molecular formula is C24H26N2O9. The van der Waals surface area contributed by atoms with Crippen LogP contribution in [0.5, 0.6) is 11.5 Å². The zero-order valence-corrected chi connectivity index (χ0v) is 19.4. The molecule has 0 radical (unpaired) electrons. The van der Waals surface area contributed by atoms with E-state index in [0.29, 0.717) is 5.56 Å². The number of benzene rings is 1. The predicted molar refractivity (Wildman–Crippen MR) is 123 cm³/mol. The van der Waals surface area contributed by atoms with Crippen LogP contribution in [0.2, 0.25) is 0 Å². The molecule has 1 aliphatic heterocycles. The van der Waals surface area contributed by atoms with Crippen molar-refractivity contribution >= 4 is 22.9 Å². The number of carbonyl (C=O) groups excluding carboxylic acids is 2. The lowest BCUT2D eigenvalue weighted by atomic mass is 10.0. The van der Waals surface area contributed by atoms with Gasteiger partial charge in [0.25, 0.3) is 0 Å². The molecule has 2 aromatic heterocycles. The number of hydrogen-bond donors (Lipinski definition) is 4. The van der Waals surface area contributed by atoms with Crippen LogP contribution in [0.25, 0.3) is 11.0 Å². The molecule has 1 fully saturated rings. The number of aliphatic hydroxyl groups is 1. The summed E-state index contributed by atoms with van der Waals surface area (Å²) < 4.78 is 21.6. The van der Waals surface area contributed by atoms with E-state index in [1.807, 2.05) is 6.92 Å². The smallest absolute Gasteiger partial charge is 0.355 e. The van der Waals surface area contributed by atoms with Crippen molar-refractivity contribution in [3.8, 4) is 11.5 Å². The van der Waals surface area contributed by atoms with Crippen LogP contribution >= 0.6 is 0 Å². The number of fused-ring (bicyclic) bond motifs is 1. The standard InChI is InChI=1S/C24H26N2O9/c1-4-32-23(30)18-19(27)13-6-8-15(12(3)21(13)35-24(18)31)33-16-9-25-10-17(20(16)28)34-22(29)14-7-5-11(2)26-14/h5-8,16-17,20,25-28H,4,9-10H2,1-3H3/t16-,17-,20+/m1/s1. The maximum atomic E-state index is 12.4. The first kappa shape index (κ1) is 24.3. The first-order chi connectivity index (χ1) is 16.7. The van der Waals surface area contributed by atoms with Crippen molar-refractivity contribution in [2.45, 2.75) is 39.1 Å². The van der Waals surface area contributed by atoms with Gasteiger partial charge in [-0.05, 0) is 45.0 Å². The Morgan fingerprint density at radius 2 is 1.86 bits per heavy atom. The number of nitrogens with one attached hydrogen (secondary N) is 2. The Labute approximate surface area is 199 Å². The van der Waals surface area contributed by atoms with Gasteiger partial charge >= 0.3 is 17.6 Å². The molecule has 4 rings (SSSR count). The summed E-state index contributed by atoms with van der Waals surface area (Å²) in [4.78, 5) is 39.7. The van der Waals surface area contributed by atoms with Crippen LogP contribution in [-0.4, -0.2) is 65.1 Å². The fourth-order valence-electron chi connectivity index (χ4n) is 3.94. The summed E-state index contributed by atoms with van der Waals surface area (Å²) in [7, 11) is 0. The molecule has 0 aliphatic carbocycles. The molecule has 11 heteroatoms. The zero-order valence-electron chi connectivity index (χ0n) is 19.4. The van der Waals surface area contributed by atoms with Crippen LogP contribution in [0.4, 0.5) is 0 Å². The van der Waals surface area contributed by atoms with Crippen molar-refractivity contribution in [3.05, 3.63) is 57.2 Å². The van der Waals surface area contributed by atoms with E-state index < -0.39 is 47.2 Å². The van der Waals surface area contributed by atoms with Gasteiger partial charge < -0.3 is 39.1 Å². The Morgan fingerprint density at radius 3 is 2.54 bits per heavy atom. The van der Waals surface area contributed by atoms with Crippen molar-refractivity contribution in [1.82, 2.24) is 10.3 Å². The lowest BCUT2D eigenvalue weighted by Crippen LogP contribution is -2.57. The number of aromatic amines is 1. The molecule has 4 N–H and O–H groups in total. The van der Waals surface area contributed by atoms with Gasteiger partial charge in [0.1, 0.15) is 41.1 Å². The average molecular weight is 486 g/mol. The van der Waals surface area contributed by atoms with Crippen LogP contribution in [0.15, 0.2) is 33.5 Å². The second-order valence-corrected chi connectivity index (χ2v) is 8.20. The molecule has 0 spiro atoms. The summed E-state index contributed by atoms with van der Waals surface area (Å²) in [6, 6.07) is 6.30. The van der Waals surface area contributed by atoms with E-state index in [0.717, 1.165) is 5.69 Å². The topological polar surface area (TPSA) is 160 Å². The first-order valence-corrected chi connectivity index (χ1v) is 11.1. The van der Waals surface area contributed by atoms with E-state index in [4.69, 9.17) is 18.6 Å². The highest BCUT2D eigenvalue weighted by Crippen LogP contribution is 2.34. The summed E-state index contributed by atoms with van der Waals surface area (Å²) in [5.41, 5.74) is -0.139. The quantitative estimate of drug-likeness (QED) is 0.297. The molecule has 11 nitrogen and oxygen atoms in total. The van der Waals surface area contributed by atoms with Gasteiger partial charge in [-0.25, -0.2) is 14.4 Å². The van der Waals surface area contributed by atoms with Crippen molar-refractivity contribution in [3.63, 3.8) is 0 Å². The third kappa shape index (κ3) is 4.73. The monoisotopic (exact) mass is 486 g/mol. The molecule has 0 bridgehead atoms. The van der Waals surface area contributed by atoms with Crippen molar-refractivity contribution in [2.75, 3.05) is 19.7 Å². The SMILES string of the molecule is CCOC(=O)c1c(O)c2ccc(O[C@@H]3CNC[C@@H](OC(=O)c4ccc(C)[nH]4)[C@H]3O)c(C)c2oc1=O. The number of carbonyl (C=O) groups is 2. The number of H-pyrrole nitrogens is 1. The third-order valence-electron chi connectivity index (χ3n) is 5.77. The zero-order chi connectivity index (χ0) is 25.3. The highest BCUT2D eigenvalue weighted by Gasteiger charge is 2.37. The minimum atomic E-state index is -1.14. The lowest BCUT2D eigenvalue weighted by Gasteiger charge is -2.35. The number of aromatic nitrogens is 1. The molecule has 3 atom stereocenters. The number of piperidine rings is 1. The molecular weight excluding hydrogens is 460 g/mol. The molecule has 1 aromatic carbocycles. The largest absolute Gasteiger partial charge is 0.506 e. The predicted octanol–water partition coefficient (Wildman–Crippen LogP) is 1.56. The molecule has 3 aromatic rings. The van der Waals surface area contributed by atoms with Gasteiger partial charge in [-0.15, -0.1) is 0 Å². The first-order valence-electron chi connectivity index (χ1n) is 11.1. The van der Waals surface area contributed by atoms with Crippen LogP contribution in [0.3, 0.4) is 0 Å². The number of aliphatic hydroxyl groups excluding tert-OH is 1. The van der Waals surface area contributed by atoms with E-state index in [2.05, 4.69) is 10.3 Å². The summed E-state index contributed by atoms with van der Waals surface area (Å²) in [6.45, 7) is 5.53. The lowest BCUT2D eigenvalue weighted by molar-refractivity contribution is -0.0762. The molecule has 1 aliphatic rings. The molecule has 0 amide bonds. The Kier molecular flexibility index (Phi) is 6.81. The van der Waals surface area contributed by atoms with Crippen molar-refractivity contribution in [2.24, 2.45) is 0 Å². The maximum absolute atomic E-state index is 12.4. The second kappa shape index (κ2) is 9.80. The summed E-state index contributed by atoms with van der Waals surface area (Å²) in [6.07, 6.45) is -2.79. The maximum Gasteiger partial charge on any atom is 0.355 e. The molecule has 3 heterocycles. The molecule has 0 saturated carbocycles. The Bertz CT molecular complexity index is 1330. The number of aryl methyl sites for hydroxylation is 2. The summed E-state index contributed by atoms with van der Waals surface area (Å²) >= 11 is 0. The Hall–Kier alpha value is -3.83. The Balaban J connectivity index is 1.56. The minimum Gasteiger partial charge on any atom is -0.506 e. The van der Waals surface area contributed by atoms with E-state index in [1.165, 1.54) is 12.1 Å². The number of rotatable bonds is 6. The normalized spacial score (nSPS) is 19.9. The summed E-state index contributed by atoms with van der Waals surface area (Å²) in [5, 5.41) is 24.5. The average Bonchev–Trinajstić information content (AvgIpc) is 3.25. The highest BCUT2D eigenvalue weighted by molar-refractivity contribution is 5.99. The van der Waals surface area contributed by atoms with E-state index >= 15 is 0 Å². The summed E-state index contributed by atoms with van der Waals surface area (Å²) in [5.74, 6) is -1.84.